The number of hydrogen-bond acceptors (Lipinski definition) is 3. The van der Waals surface area contributed by atoms with Crippen LogP contribution >= 0.6 is 0 Å². The van der Waals surface area contributed by atoms with E-state index >= 15 is 0 Å². The molecule has 2 aliphatic rings. The van der Waals surface area contributed by atoms with Gasteiger partial charge in [0.05, 0.1) is 5.70 Å². The Morgan fingerprint density at radius 2 is 2.04 bits per heavy atom. The van der Waals surface area contributed by atoms with E-state index in [0.29, 0.717) is 23.6 Å². The summed E-state index contributed by atoms with van der Waals surface area (Å²) in [5.74, 6) is 0.613. The zero-order valence-corrected chi connectivity index (χ0v) is 13.9. The van der Waals surface area contributed by atoms with Crippen molar-refractivity contribution in [3.63, 3.8) is 0 Å². The molecule has 1 N–H and O–H groups in total. The molecule has 0 bridgehead atoms. The molecule has 2 aromatic rings. The number of hydrogen-bond donors (Lipinski definition) is 1. The average molecular weight is 362 g/mol. The summed E-state index contributed by atoms with van der Waals surface area (Å²) in [6, 6.07) is 2.17. The second-order valence-electron chi connectivity index (χ2n) is 6.64. The lowest BCUT2D eigenvalue weighted by Gasteiger charge is -2.24. The lowest BCUT2D eigenvalue weighted by Crippen LogP contribution is -2.19. The molecular weight excluding hydrogens is 345 g/mol. The number of imidazole rings is 1. The first-order valence-corrected chi connectivity index (χ1v) is 8.57. The average Bonchev–Trinajstić information content (AvgIpc) is 2.80. The van der Waals surface area contributed by atoms with Crippen LogP contribution in [0.25, 0.3) is 16.9 Å². The van der Waals surface area contributed by atoms with Crippen LogP contribution in [0.5, 0.6) is 0 Å². The zero-order valence-electron chi connectivity index (χ0n) is 13.9. The van der Waals surface area contributed by atoms with E-state index in [1.54, 1.807) is 18.2 Å². The third-order valence-corrected chi connectivity index (χ3v) is 4.84. The monoisotopic (exact) mass is 362 g/mol. The van der Waals surface area contributed by atoms with Crippen LogP contribution in [0.1, 0.15) is 37.8 Å². The van der Waals surface area contributed by atoms with E-state index in [-0.39, 0.29) is 17.5 Å². The molecule has 4 rings (SSSR count). The molecule has 0 aliphatic heterocycles. The largest absolute Gasteiger partial charge is 0.433 e. The van der Waals surface area contributed by atoms with E-state index in [9.17, 15) is 18.0 Å². The lowest BCUT2D eigenvalue weighted by atomic mass is 9.82. The topological polar surface area (TPSA) is 59.8 Å². The molecule has 26 heavy (non-hydrogen) atoms. The smallest absolute Gasteiger partial charge is 0.296 e. The van der Waals surface area contributed by atoms with Crippen LogP contribution in [0.2, 0.25) is 0 Å². The van der Waals surface area contributed by atoms with Crippen molar-refractivity contribution in [2.75, 3.05) is 5.32 Å². The van der Waals surface area contributed by atoms with Crippen molar-refractivity contribution in [1.82, 2.24) is 14.5 Å². The number of pyridine rings is 1. The number of allylic oxidation sites excluding steroid dienone is 4. The van der Waals surface area contributed by atoms with E-state index in [4.69, 9.17) is 0 Å². The minimum atomic E-state index is -4.54. The van der Waals surface area contributed by atoms with E-state index in [1.165, 1.54) is 17.1 Å². The van der Waals surface area contributed by atoms with Crippen molar-refractivity contribution in [1.29, 1.82) is 0 Å². The normalized spacial score (nSPS) is 17.0. The molecule has 1 amide bonds. The number of alkyl halides is 3. The van der Waals surface area contributed by atoms with Crippen LogP contribution in [-0.4, -0.2) is 20.4 Å². The Hall–Kier alpha value is -2.64. The van der Waals surface area contributed by atoms with Crippen molar-refractivity contribution in [2.45, 2.75) is 38.3 Å². The van der Waals surface area contributed by atoms with Gasteiger partial charge >= 0.3 is 6.18 Å². The molecule has 1 saturated carbocycles. The van der Waals surface area contributed by atoms with Crippen LogP contribution in [0.15, 0.2) is 30.4 Å². The summed E-state index contributed by atoms with van der Waals surface area (Å²) in [5, 5.41) is 2.73. The second-order valence-corrected chi connectivity index (χ2v) is 6.64. The molecule has 1 fully saturated rings. The van der Waals surface area contributed by atoms with Crippen molar-refractivity contribution in [2.24, 2.45) is 5.92 Å². The van der Waals surface area contributed by atoms with E-state index in [1.807, 2.05) is 0 Å². The summed E-state index contributed by atoms with van der Waals surface area (Å²) >= 11 is 0. The maximum absolute atomic E-state index is 13.0. The molecule has 2 aliphatic carbocycles. The Kier molecular flexibility index (Phi) is 4.05. The van der Waals surface area contributed by atoms with Gasteiger partial charge in [0.2, 0.25) is 11.9 Å². The van der Waals surface area contributed by atoms with Crippen LogP contribution in [-0.2, 0) is 11.0 Å². The number of aromatic nitrogens is 3. The Balaban J connectivity index is 1.63. The molecule has 0 saturated heterocycles. The number of carbonyl (C=O) groups excluding carboxylic acids is 1. The fourth-order valence-electron chi connectivity index (χ4n) is 3.08. The van der Waals surface area contributed by atoms with Gasteiger partial charge in [-0.15, -0.1) is 0 Å². The van der Waals surface area contributed by atoms with Crippen molar-refractivity contribution in [3.05, 3.63) is 36.1 Å². The molecule has 2 heterocycles. The van der Waals surface area contributed by atoms with Crippen LogP contribution in [0, 0.1) is 5.92 Å². The first kappa shape index (κ1) is 16.8. The first-order chi connectivity index (χ1) is 12.4. The molecule has 8 heteroatoms. The highest BCUT2D eigenvalue weighted by Crippen LogP contribution is 2.33. The fourth-order valence-corrected chi connectivity index (χ4v) is 3.08. The number of fused-ring (bicyclic) bond motifs is 1. The SMILES string of the molecule is O=C(CCC1CCC1)Nc1nc2ccc(C(F)(F)F)nc2n1C1=CC=C1. The summed E-state index contributed by atoms with van der Waals surface area (Å²) in [7, 11) is 0. The number of rotatable bonds is 5. The molecule has 0 unspecified atom stereocenters. The highest BCUT2D eigenvalue weighted by atomic mass is 19.4. The predicted octanol–water partition coefficient (Wildman–Crippen LogP) is 4.38. The molecular formula is C18H17F3N4O. The van der Waals surface area contributed by atoms with Crippen molar-refractivity contribution in [3.8, 4) is 0 Å². The summed E-state index contributed by atoms with van der Waals surface area (Å²) in [6.07, 6.45) is 5.42. The van der Waals surface area contributed by atoms with Gasteiger partial charge in [0.1, 0.15) is 11.2 Å². The van der Waals surface area contributed by atoms with Gasteiger partial charge in [-0.3, -0.25) is 14.7 Å². The first-order valence-electron chi connectivity index (χ1n) is 8.57. The Bertz CT molecular complexity index is 922. The molecule has 0 spiro atoms. The van der Waals surface area contributed by atoms with E-state index in [2.05, 4.69) is 15.3 Å². The maximum Gasteiger partial charge on any atom is 0.433 e. The molecule has 136 valence electrons. The summed E-state index contributed by atoms with van der Waals surface area (Å²) in [4.78, 5) is 20.2. The minimum Gasteiger partial charge on any atom is -0.296 e. The molecule has 2 aromatic heterocycles. The highest BCUT2D eigenvalue weighted by Gasteiger charge is 2.33. The summed E-state index contributed by atoms with van der Waals surface area (Å²) in [5.41, 5.74) is 0.0183. The minimum absolute atomic E-state index is 0.0738. The number of amides is 1. The van der Waals surface area contributed by atoms with Gasteiger partial charge in [-0.25, -0.2) is 9.97 Å². The Morgan fingerprint density at radius 3 is 2.62 bits per heavy atom. The van der Waals surface area contributed by atoms with Gasteiger partial charge < -0.3 is 0 Å². The number of carbonyl (C=O) groups is 1. The number of nitrogens with zero attached hydrogens (tertiary/aromatic N) is 3. The van der Waals surface area contributed by atoms with Crippen LogP contribution in [0.4, 0.5) is 19.1 Å². The zero-order chi connectivity index (χ0) is 18.3. The highest BCUT2D eigenvalue weighted by molar-refractivity contribution is 5.93. The van der Waals surface area contributed by atoms with Gasteiger partial charge in [-0.2, -0.15) is 13.2 Å². The molecule has 0 radical (unpaired) electrons. The summed E-state index contributed by atoms with van der Waals surface area (Å²) in [6.45, 7) is 0. The van der Waals surface area contributed by atoms with Crippen LogP contribution in [0.3, 0.4) is 0 Å². The van der Waals surface area contributed by atoms with Crippen LogP contribution < -0.4 is 5.32 Å². The van der Waals surface area contributed by atoms with Gasteiger partial charge in [-0.05, 0) is 36.6 Å². The molecule has 0 aromatic carbocycles. The number of halogens is 3. The number of nitrogens with one attached hydrogen (secondary N) is 1. The van der Waals surface area contributed by atoms with Crippen molar-refractivity contribution < 1.29 is 18.0 Å². The van der Waals surface area contributed by atoms with Gasteiger partial charge in [0.15, 0.2) is 5.65 Å². The lowest BCUT2D eigenvalue weighted by molar-refractivity contribution is -0.141. The standard InChI is InChI=1S/C18H17F3N4O/c19-18(20,21)14-9-8-13-16(23-14)25(12-5-2-6-12)17(22-13)24-15(26)10-7-11-3-1-4-11/h2,5-6,8-9,11H,1,3-4,7,10H2,(H,22,24,26). The van der Waals surface area contributed by atoms with Gasteiger partial charge in [-0.1, -0.05) is 25.3 Å². The quantitative estimate of drug-likeness (QED) is 0.859. The number of anilines is 1. The summed E-state index contributed by atoms with van der Waals surface area (Å²) < 4.78 is 40.4. The Labute approximate surface area is 147 Å². The maximum atomic E-state index is 13.0. The van der Waals surface area contributed by atoms with Gasteiger partial charge in [0, 0.05) is 6.42 Å². The van der Waals surface area contributed by atoms with E-state index < -0.39 is 11.9 Å². The third-order valence-electron chi connectivity index (χ3n) is 4.84. The molecule has 0 atom stereocenters. The second kappa shape index (κ2) is 6.26. The third kappa shape index (κ3) is 3.11. The fraction of sp³-hybridized carbons (Fsp3) is 0.389. The predicted molar refractivity (Wildman–Crippen MR) is 91.1 cm³/mol. The van der Waals surface area contributed by atoms with E-state index in [0.717, 1.165) is 25.3 Å². The van der Waals surface area contributed by atoms with Crippen molar-refractivity contribution >= 4 is 28.7 Å². The Morgan fingerprint density at radius 1 is 1.27 bits per heavy atom. The van der Waals surface area contributed by atoms with Gasteiger partial charge in [0.25, 0.3) is 0 Å². The molecule has 5 nitrogen and oxygen atoms in total.